The molecule has 8 nitrogen and oxygen atoms in total. The summed E-state index contributed by atoms with van der Waals surface area (Å²) in [6, 6.07) is 14.6. The zero-order chi connectivity index (χ0) is 23.5. The van der Waals surface area contributed by atoms with Gasteiger partial charge >= 0.3 is 0 Å². The highest BCUT2D eigenvalue weighted by Crippen LogP contribution is 2.34. The molecule has 0 aliphatic carbocycles. The predicted molar refractivity (Wildman–Crippen MR) is 131 cm³/mol. The fourth-order valence-corrected chi connectivity index (χ4v) is 4.83. The summed E-state index contributed by atoms with van der Waals surface area (Å²) < 4.78 is 7.62. The minimum atomic E-state index is -0.301. The summed E-state index contributed by atoms with van der Waals surface area (Å²) in [6.45, 7) is 2.70. The molecule has 172 valence electrons. The molecule has 34 heavy (non-hydrogen) atoms. The zero-order valence-corrected chi connectivity index (χ0v) is 19.9. The summed E-state index contributed by atoms with van der Waals surface area (Å²) in [5.41, 5.74) is 2.67. The van der Waals surface area contributed by atoms with Crippen molar-refractivity contribution in [1.29, 1.82) is 0 Å². The first-order valence-electron chi connectivity index (χ1n) is 10.8. The minimum absolute atomic E-state index is 0.133. The van der Waals surface area contributed by atoms with Crippen LogP contribution < -0.4 is 0 Å². The Hall–Kier alpha value is -3.43. The van der Waals surface area contributed by atoms with Gasteiger partial charge < -0.3 is 8.98 Å². The van der Waals surface area contributed by atoms with Crippen LogP contribution >= 0.6 is 23.4 Å². The molecule has 1 aliphatic heterocycles. The summed E-state index contributed by atoms with van der Waals surface area (Å²) in [7, 11) is 0. The lowest BCUT2D eigenvalue weighted by Gasteiger charge is -2.19. The van der Waals surface area contributed by atoms with E-state index in [4.69, 9.17) is 16.0 Å². The molecule has 5 rings (SSSR count). The number of carbonyl (C=O) groups is 1. The number of thioether (sulfide) groups is 1. The van der Waals surface area contributed by atoms with E-state index in [1.165, 1.54) is 16.8 Å². The molecule has 1 amide bonds. The van der Waals surface area contributed by atoms with Crippen molar-refractivity contribution in [3.8, 4) is 11.4 Å². The highest BCUT2D eigenvalue weighted by Gasteiger charge is 2.35. The largest absolute Gasteiger partial charge is 0.467 e. The van der Waals surface area contributed by atoms with Crippen molar-refractivity contribution in [2.24, 2.45) is 5.10 Å². The second-order valence-electron chi connectivity index (χ2n) is 7.60. The van der Waals surface area contributed by atoms with Gasteiger partial charge in [0.05, 0.1) is 17.7 Å². The van der Waals surface area contributed by atoms with Crippen molar-refractivity contribution in [3.05, 3.63) is 83.5 Å². The topological polar surface area (TPSA) is 89.4 Å². The molecule has 0 bridgehead atoms. The summed E-state index contributed by atoms with van der Waals surface area (Å²) in [5, 5.41) is 16.2. The Kier molecular flexibility index (Phi) is 6.46. The Bertz CT molecular complexity index is 1310. The fraction of sp³-hybridized carbons (Fsp3) is 0.208. The summed E-state index contributed by atoms with van der Waals surface area (Å²) in [5.74, 6) is 1.48. The maximum Gasteiger partial charge on any atom is 0.253 e. The number of benzene rings is 1. The molecule has 0 saturated carbocycles. The number of amides is 1. The Morgan fingerprint density at radius 3 is 2.62 bits per heavy atom. The van der Waals surface area contributed by atoms with Crippen LogP contribution in [0.5, 0.6) is 0 Å². The molecule has 1 atom stereocenters. The molecule has 0 fully saturated rings. The van der Waals surface area contributed by atoms with Gasteiger partial charge in [-0.2, -0.15) is 5.10 Å². The van der Waals surface area contributed by atoms with Crippen LogP contribution in [0.4, 0.5) is 0 Å². The van der Waals surface area contributed by atoms with Crippen LogP contribution in [0.1, 0.15) is 30.7 Å². The van der Waals surface area contributed by atoms with Crippen molar-refractivity contribution >= 4 is 35.0 Å². The van der Waals surface area contributed by atoms with Gasteiger partial charge in [0.15, 0.2) is 11.0 Å². The number of rotatable bonds is 7. The molecular weight excluding hydrogens is 472 g/mol. The molecule has 1 aromatic carbocycles. The van der Waals surface area contributed by atoms with E-state index in [1.807, 2.05) is 60.0 Å². The second-order valence-corrected chi connectivity index (χ2v) is 8.98. The van der Waals surface area contributed by atoms with Gasteiger partial charge in [0.1, 0.15) is 11.8 Å². The first-order valence-corrected chi connectivity index (χ1v) is 12.2. The predicted octanol–water partition coefficient (Wildman–Crippen LogP) is 5.08. The van der Waals surface area contributed by atoms with Crippen molar-refractivity contribution in [1.82, 2.24) is 24.8 Å². The molecular formula is C24H21ClN6O2S. The number of furan rings is 1. The number of pyridine rings is 1. The third-order valence-electron chi connectivity index (χ3n) is 5.51. The van der Waals surface area contributed by atoms with Gasteiger partial charge in [-0.3, -0.25) is 9.78 Å². The van der Waals surface area contributed by atoms with Crippen LogP contribution in [0.25, 0.3) is 11.4 Å². The quantitative estimate of drug-likeness (QED) is 0.334. The third-order valence-corrected chi connectivity index (χ3v) is 6.71. The van der Waals surface area contributed by atoms with Gasteiger partial charge in [0.25, 0.3) is 5.91 Å². The normalized spacial score (nSPS) is 15.5. The van der Waals surface area contributed by atoms with Crippen LogP contribution in [0.15, 0.2) is 81.9 Å². The molecule has 0 spiro atoms. The minimum Gasteiger partial charge on any atom is -0.467 e. The van der Waals surface area contributed by atoms with E-state index in [-0.39, 0.29) is 17.7 Å². The van der Waals surface area contributed by atoms with Crippen molar-refractivity contribution in [3.63, 3.8) is 0 Å². The van der Waals surface area contributed by atoms with Gasteiger partial charge in [-0.15, -0.1) is 10.2 Å². The first kappa shape index (κ1) is 22.4. The van der Waals surface area contributed by atoms with E-state index < -0.39 is 0 Å². The fourth-order valence-electron chi connectivity index (χ4n) is 3.85. The second kappa shape index (κ2) is 9.82. The summed E-state index contributed by atoms with van der Waals surface area (Å²) in [4.78, 5) is 17.4. The molecule has 0 radical (unpaired) electrons. The van der Waals surface area contributed by atoms with Gasteiger partial charge in [-0.1, -0.05) is 35.5 Å². The van der Waals surface area contributed by atoms with E-state index >= 15 is 0 Å². The smallest absolute Gasteiger partial charge is 0.253 e. The van der Waals surface area contributed by atoms with Gasteiger partial charge in [0, 0.05) is 35.9 Å². The van der Waals surface area contributed by atoms with E-state index in [0.717, 1.165) is 22.7 Å². The number of hydrogen-bond donors (Lipinski definition) is 0. The van der Waals surface area contributed by atoms with Crippen molar-refractivity contribution < 1.29 is 9.21 Å². The van der Waals surface area contributed by atoms with Crippen molar-refractivity contribution in [2.75, 3.05) is 5.75 Å². The standard InChI is InChI=1S/C24H21ClN6O2S/c1-2-30-23(17-9-11-26-12-10-17)27-28-24(30)34-15-22(32)31-20(21-4-3-13-33-21)14-19(29-31)16-5-7-18(25)8-6-16/h3-13,20H,2,14-15H2,1H3. The molecule has 1 unspecified atom stereocenters. The molecule has 4 aromatic rings. The average Bonchev–Trinajstić information content (AvgIpc) is 3.63. The van der Waals surface area contributed by atoms with Crippen molar-refractivity contribution in [2.45, 2.75) is 31.1 Å². The molecule has 1 aliphatic rings. The van der Waals surface area contributed by atoms with Crippen LogP contribution in [-0.2, 0) is 11.3 Å². The lowest BCUT2D eigenvalue weighted by atomic mass is 10.0. The van der Waals surface area contributed by atoms with E-state index in [9.17, 15) is 4.79 Å². The maximum atomic E-state index is 13.3. The zero-order valence-electron chi connectivity index (χ0n) is 18.3. The number of hydrazone groups is 1. The molecule has 4 heterocycles. The molecule has 3 aromatic heterocycles. The third kappa shape index (κ3) is 4.49. The molecule has 0 saturated heterocycles. The van der Waals surface area contributed by atoms with E-state index in [1.54, 1.807) is 18.7 Å². The maximum absolute atomic E-state index is 13.3. The monoisotopic (exact) mass is 492 g/mol. The average molecular weight is 493 g/mol. The molecule has 0 N–H and O–H groups in total. The number of halogens is 1. The highest BCUT2D eigenvalue weighted by atomic mass is 35.5. The first-order chi connectivity index (χ1) is 16.6. The number of hydrogen-bond acceptors (Lipinski definition) is 7. The summed E-state index contributed by atoms with van der Waals surface area (Å²) in [6.07, 6.45) is 5.61. The number of carbonyl (C=O) groups excluding carboxylic acids is 1. The van der Waals surface area contributed by atoms with Crippen LogP contribution in [-0.4, -0.2) is 42.1 Å². The van der Waals surface area contributed by atoms with Gasteiger partial charge in [-0.05, 0) is 48.9 Å². The van der Waals surface area contributed by atoms with Gasteiger partial charge in [-0.25, -0.2) is 5.01 Å². The Morgan fingerprint density at radius 2 is 1.91 bits per heavy atom. The van der Waals surface area contributed by atoms with E-state index in [0.29, 0.717) is 28.9 Å². The number of aromatic nitrogens is 4. The van der Waals surface area contributed by atoms with Crippen LogP contribution in [0, 0.1) is 0 Å². The Labute approximate surface area is 205 Å². The Morgan fingerprint density at radius 1 is 1.12 bits per heavy atom. The SMILES string of the molecule is CCn1c(SCC(=O)N2N=C(c3ccc(Cl)cc3)CC2c2ccco2)nnc1-c1ccncc1. The van der Waals surface area contributed by atoms with Gasteiger partial charge in [0.2, 0.25) is 0 Å². The Balaban J connectivity index is 1.36. The lowest BCUT2D eigenvalue weighted by Crippen LogP contribution is -2.28. The van der Waals surface area contributed by atoms with Crippen LogP contribution in [0.3, 0.4) is 0 Å². The summed E-state index contributed by atoms with van der Waals surface area (Å²) >= 11 is 7.38. The van der Waals surface area contributed by atoms with E-state index in [2.05, 4.69) is 20.3 Å². The number of nitrogens with zero attached hydrogens (tertiary/aromatic N) is 6. The highest BCUT2D eigenvalue weighted by molar-refractivity contribution is 7.99. The lowest BCUT2D eigenvalue weighted by molar-refractivity contribution is -0.130. The van der Waals surface area contributed by atoms with Crippen LogP contribution in [0.2, 0.25) is 5.02 Å². The molecule has 10 heteroatoms.